The number of hydrogen-bond acceptors (Lipinski definition) is 9. The van der Waals surface area contributed by atoms with E-state index in [0.29, 0.717) is 56.3 Å². The number of carbonyl (C=O) groups excluding carboxylic acids is 6. The van der Waals surface area contributed by atoms with E-state index >= 15 is 0 Å². The molecular formula is C54H70N8O7. The first-order valence-electron chi connectivity index (χ1n) is 24.9. The summed E-state index contributed by atoms with van der Waals surface area (Å²) in [5, 5.41) is 18.3. The van der Waals surface area contributed by atoms with Crippen LogP contribution in [0.3, 0.4) is 0 Å². The maximum absolute atomic E-state index is 14.5. The van der Waals surface area contributed by atoms with Crippen molar-refractivity contribution >= 4 is 35.4 Å². The lowest BCUT2D eigenvalue weighted by molar-refractivity contribution is -0.145. The van der Waals surface area contributed by atoms with Gasteiger partial charge in [0.05, 0.1) is 30.3 Å². The molecule has 3 aromatic carbocycles. The molecule has 2 fully saturated rings. The molecule has 0 radical (unpaired) electrons. The third kappa shape index (κ3) is 12.2. The average molecular weight is 943 g/mol. The Morgan fingerprint density at radius 1 is 0.667 bits per heavy atom. The molecule has 9 atom stereocenters. The molecule has 4 aliphatic rings. The van der Waals surface area contributed by atoms with Crippen LogP contribution in [0.2, 0.25) is 0 Å². The maximum Gasteiger partial charge on any atom is 0.250 e. The molecule has 7 rings (SSSR count). The monoisotopic (exact) mass is 943 g/mol. The Hall–Kier alpha value is -6.08. The molecule has 2 saturated heterocycles. The van der Waals surface area contributed by atoms with Crippen LogP contribution in [0.5, 0.6) is 0 Å². The standard InChI is InChI=1S/C54H70N8O7/c1-6-42(56-5)50(64)60-48(54(68)62-32-14-26-46(62)52(66)58-44-24-12-20-38-18-8-10-22-41(38)44)39-29-27-36(28-30-39)16-15-33-69-35(3)47(59-49(63)34(2)55-4)53(67)61-31-13-25-45(61)51(65)57-43-23-11-19-37-17-7-9-21-40(37)43/h7-10,17-18,21-22,27-30,34-35,42-48,55-56H,6,11-14,19-20,23-26,31-33H2,1-5H3,(H,57,65)(H,58,66)(H,59,63)(H,60,64)/t34-,35+,42-,43+,44+,45?,46-,47-,48-/m0/s1. The van der Waals surface area contributed by atoms with E-state index in [1.807, 2.05) is 31.2 Å². The molecule has 15 heteroatoms. The minimum Gasteiger partial charge on any atom is -0.363 e. The molecule has 69 heavy (non-hydrogen) atoms. The van der Waals surface area contributed by atoms with Gasteiger partial charge in [0.25, 0.3) is 0 Å². The number of fused-ring (bicyclic) bond motifs is 2. The van der Waals surface area contributed by atoms with Gasteiger partial charge in [0.15, 0.2) is 0 Å². The number of aryl methyl sites for hydroxylation is 2. The number of rotatable bonds is 17. The van der Waals surface area contributed by atoms with Crippen molar-refractivity contribution in [3.8, 4) is 11.8 Å². The van der Waals surface area contributed by atoms with Crippen LogP contribution in [-0.4, -0.2) is 115 Å². The summed E-state index contributed by atoms with van der Waals surface area (Å²) in [6.45, 7) is 6.00. The van der Waals surface area contributed by atoms with Crippen LogP contribution in [-0.2, 0) is 46.3 Å². The van der Waals surface area contributed by atoms with Gasteiger partial charge in [0.1, 0.15) is 30.8 Å². The zero-order chi connectivity index (χ0) is 49.0. The summed E-state index contributed by atoms with van der Waals surface area (Å²) in [7, 11) is 3.36. The lowest BCUT2D eigenvalue weighted by atomic mass is 9.87. The second kappa shape index (κ2) is 24.0. The van der Waals surface area contributed by atoms with Gasteiger partial charge in [0, 0.05) is 18.7 Å². The molecule has 6 N–H and O–H groups in total. The highest BCUT2D eigenvalue weighted by molar-refractivity contribution is 5.95. The minimum atomic E-state index is -1.08. The molecular weight excluding hydrogens is 873 g/mol. The third-order valence-corrected chi connectivity index (χ3v) is 14.4. The zero-order valence-electron chi connectivity index (χ0n) is 40.8. The molecule has 368 valence electrons. The quantitative estimate of drug-likeness (QED) is 0.109. The lowest BCUT2D eigenvalue weighted by Crippen LogP contribution is -2.59. The van der Waals surface area contributed by atoms with Crippen LogP contribution in [0.15, 0.2) is 72.8 Å². The maximum atomic E-state index is 14.5. The van der Waals surface area contributed by atoms with E-state index in [1.54, 1.807) is 62.0 Å². The molecule has 0 spiro atoms. The number of ether oxygens (including phenoxy) is 1. The zero-order valence-corrected chi connectivity index (χ0v) is 40.8. The second-order valence-electron chi connectivity index (χ2n) is 18.8. The molecule has 1 unspecified atom stereocenters. The van der Waals surface area contributed by atoms with Gasteiger partial charge in [-0.05, 0) is 139 Å². The third-order valence-electron chi connectivity index (χ3n) is 14.4. The number of nitrogens with zero attached hydrogens (tertiary/aromatic N) is 2. The van der Waals surface area contributed by atoms with Crippen LogP contribution < -0.4 is 31.9 Å². The Morgan fingerprint density at radius 3 is 1.75 bits per heavy atom. The fraction of sp³-hybridized carbons (Fsp3) is 0.519. The van der Waals surface area contributed by atoms with Gasteiger partial charge in [-0.3, -0.25) is 28.8 Å². The fourth-order valence-electron chi connectivity index (χ4n) is 10.3. The molecule has 0 saturated carbocycles. The summed E-state index contributed by atoms with van der Waals surface area (Å²) in [4.78, 5) is 86.5. The van der Waals surface area contributed by atoms with Gasteiger partial charge in [-0.1, -0.05) is 79.4 Å². The van der Waals surface area contributed by atoms with Gasteiger partial charge < -0.3 is 46.4 Å². The van der Waals surface area contributed by atoms with Gasteiger partial charge in [-0.2, -0.15) is 0 Å². The smallest absolute Gasteiger partial charge is 0.250 e. The Balaban J connectivity index is 1.01. The summed E-state index contributed by atoms with van der Waals surface area (Å²) in [5.41, 5.74) is 5.87. The average Bonchev–Trinajstić information content (AvgIpc) is 4.08. The van der Waals surface area contributed by atoms with Crippen LogP contribution in [0, 0.1) is 11.8 Å². The molecule has 0 aromatic heterocycles. The number of benzene rings is 3. The molecule has 2 aliphatic carbocycles. The highest BCUT2D eigenvalue weighted by atomic mass is 16.5. The summed E-state index contributed by atoms with van der Waals surface area (Å²) in [6.07, 6.45) is 7.61. The Labute approximate surface area is 407 Å². The molecule has 6 amide bonds. The van der Waals surface area contributed by atoms with E-state index < -0.39 is 48.3 Å². The van der Waals surface area contributed by atoms with Crippen molar-refractivity contribution < 1.29 is 33.5 Å². The number of nitrogens with one attached hydrogen (secondary N) is 6. The SMILES string of the molecule is CC[C@H](NC)C(=O)N[C@H](C(=O)N1CCC[C@H]1C(=O)N[C@@H]1CCCc2ccccc21)c1ccc(C#CCO[C@H](C)[C@H](NC(=O)[C@H](C)NC)C(=O)N2CCCC2C(=O)N[C@@H]2CCCc3ccccc32)cc1. The van der Waals surface area contributed by atoms with E-state index in [2.05, 4.69) is 68.0 Å². The highest BCUT2D eigenvalue weighted by Crippen LogP contribution is 2.32. The van der Waals surface area contributed by atoms with Crippen LogP contribution in [0.4, 0.5) is 0 Å². The predicted molar refractivity (Wildman–Crippen MR) is 263 cm³/mol. The number of amides is 6. The van der Waals surface area contributed by atoms with Gasteiger partial charge in [-0.15, -0.1) is 0 Å². The van der Waals surface area contributed by atoms with Gasteiger partial charge >= 0.3 is 0 Å². The number of likely N-dealkylation sites (N-methyl/N-ethyl adjacent to an activating group) is 2. The molecule has 2 aliphatic heterocycles. The van der Waals surface area contributed by atoms with Crippen molar-refractivity contribution in [1.82, 2.24) is 41.7 Å². The van der Waals surface area contributed by atoms with Crippen molar-refractivity contribution in [2.45, 2.75) is 146 Å². The summed E-state index contributed by atoms with van der Waals surface area (Å²) in [6, 6.07) is 18.5. The van der Waals surface area contributed by atoms with E-state index in [4.69, 9.17) is 4.74 Å². The summed E-state index contributed by atoms with van der Waals surface area (Å²) >= 11 is 0. The van der Waals surface area contributed by atoms with Crippen molar-refractivity contribution in [3.63, 3.8) is 0 Å². The minimum absolute atomic E-state index is 0.0698. The lowest BCUT2D eigenvalue weighted by Gasteiger charge is -2.33. The van der Waals surface area contributed by atoms with Crippen LogP contribution in [0.1, 0.15) is 130 Å². The molecule has 0 bridgehead atoms. The van der Waals surface area contributed by atoms with E-state index in [1.165, 1.54) is 11.1 Å². The van der Waals surface area contributed by atoms with Crippen molar-refractivity contribution in [3.05, 3.63) is 106 Å². The number of carbonyl (C=O) groups is 6. The predicted octanol–water partition coefficient (Wildman–Crippen LogP) is 4.06. The Bertz CT molecular complexity index is 2380. The summed E-state index contributed by atoms with van der Waals surface area (Å²) in [5.74, 6) is 4.27. The van der Waals surface area contributed by atoms with E-state index in [9.17, 15) is 28.8 Å². The van der Waals surface area contributed by atoms with Crippen molar-refractivity contribution in [2.24, 2.45) is 0 Å². The Kier molecular flexibility index (Phi) is 17.6. The first kappa shape index (κ1) is 50.8. The molecule has 2 heterocycles. The fourth-order valence-corrected chi connectivity index (χ4v) is 10.3. The van der Waals surface area contributed by atoms with Crippen molar-refractivity contribution in [2.75, 3.05) is 33.8 Å². The van der Waals surface area contributed by atoms with Crippen LogP contribution in [0.25, 0.3) is 0 Å². The summed E-state index contributed by atoms with van der Waals surface area (Å²) < 4.78 is 6.12. The number of hydrogen-bond donors (Lipinski definition) is 6. The number of likely N-dealkylation sites (tertiary alicyclic amines) is 2. The Morgan fingerprint density at radius 2 is 1.22 bits per heavy atom. The second-order valence-corrected chi connectivity index (χ2v) is 18.8. The molecule has 3 aromatic rings. The van der Waals surface area contributed by atoms with Gasteiger partial charge in [0.2, 0.25) is 35.4 Å². The first-order chi connectivity index (χ1) is 33.4. The van der Waals surface area contributed by atoms with E-state index in [0.717, 1.165) is 49.7 Å². The first-order valence-corrected chi connectivity index (χ1v) is 24.9. The largest absolute Gasteiger partial charge is 0.363 e. The normalized spacial score (nSPS) is 21.8. The van der Waals surface area contributed by atoms with Crippen molar-refractivity contribution in [1.29, 1.82) is 0 Å². The van der Waals surface area contributed by atoms with E-state index in [-0.39, 0.29) is 48.2 Å². The molecule has 15 nitrogen and oxygen atoms in total. The highest BCUT2D eigenvalue weighted by Gasteiger charge is 2.42. The van der Waals surface area contributed by atoms with Gasteiger partial charge in [-0.25, -0.2) is 0 Å². The van der Waals surface area contributed by atoms with Crippen LogP contribution >= 0.6 is 0 Å². The topological polar surface area (TPSA) is 190 Å².